The van der Waals surface area contributed by atoms with Crippen LogP contribution in [0, 0.1) is 0 Å². The first-order valence-corrected chi connectivity index (χ1v) is 7.71. The predicted molar refractivity (Wildman–Crippen MR) is 82.5 cm³/mol. The topological polar surface area (TPSA) is 25.4 Å². The Balaban J connectivity index is 2.10. The van der Waals surface area contributed by atoms with Crippen molar-refractivity contribution in [2.75, 3.05) is 23.9 Å². The molecule has 2 aromatic rings. The molecule has 0 spiro atoms. The van der Waals surface area contributed by atoms with Gasteiger partial charge >= 0.3 is 0 Å². The number of nitrogens with zero attached hydrogens (tertiary/aromatic N) is 2. The molecule has 0 bridgehead atoms. The predicted octanol–water partition coefficient (Wildman–Crippen LogP) is 3.61. The minimum atomic E-state index is 0.654. The monoisotopic (exact) mass is 320 g/mol. The number of rotatable bonds is 5. The number of halogens is 1. The molecule has 0 saturated heterocycles. The van der Waals surface area contributed by atoms with Crippen LogP contribution in [-0.4, -0.2) is 30.0 Å². The van der Waals surface area contributed by atoms with E-state index in [1.54, 1.807) is 7.11 Å². The van der Waals surface area contributed by atoms with Gasteiger partial charge in [0.15, 0.2) is 0 Å². The number of benzene rings is 1. The van der Waals surface area contributed by atoms with E-state index in [4.69, 9.17) is 4.74 Å². The average Bonchev–Trinajstić information content (AvgIpc) is 3.28. The first-order chi connectivity index (χ1) is 9.33. The van der Waals surface area contributed by atoms with Crippen LogP contribution >= 0.6 is 15.9 Å². The smallest absolute Gasteiger partial charge is 0.136 e. The van der Waals surface area contributed by atoms with E-state index in [1.165, 1.54) is 23.6 Å². The summed E-state index contributed by atoms with van der Waals surface area (Å²) < 4.78 is 5.34. The van der Waals surface area contributed by atoms with Gasteiger partial charge in [0.2, 0.25) is 0 Å². The van der Waals surface area contributed by atoms with E-state index in [-0.39, 0.29) is 0 Å². The molecule has 0 radical (unpaired) electrons. The van der Waals surface area contributed by atoms with Crippen molar-refractivity contribution in [3.05, 3.63) is 30.5 Å². The van der Waals surface area contributed by atoms with E-state index < -0.39 is 0 Å². The second kappa shape index (κ2) is 5.37. The number of ether oxygens (including phenoxy) is 1. The van der Waals surface area contributed by atoms with Gasteiger partial charge in [0, 0.05) is 29.5 Å². The van der Waals surface area contributed by atoms with Gasteiger partial charge in [0.1, 0.15) is 11.6 Å². The van der Waals surface area contributed by atoms with Crippen LogP contribution in [0.15, 0.2) is 30.5 Å². The molecular weight excluding hydrogens is 304 g/mol. The highest BCUT2D eigenvalue weighted by Crippen LogP contribution is 2.35. The molecule has 3 rings (SSSR count). The standard InChI is InChI=1S/C15H17BrN2O/c1-19-13-5-2-11-6-8-17-15(14(11)10-13)18(9-7-16)12-3-4-12/h2,5-6,8,10,12H,3-4,7,9H2,1H3. The maximum atomic E-state index is 5.34. The average molecular weight is 321 g/mol. The summed E-state index contributed by atoms with van der Waals surface area (Å²) in [5, 5.41) is 3.35. The minimum Gasteiger partial charge on any atom is -0.497 e. The molecule has 1 aliphatic carbocycles. The number of pyridine rings is 1. The third kappa shape index (κ3) is 2.54. The molecule has 3 nitrogen and oxygen atoms in total. The summed E-state index contributed by atoms with van der Waals surface area (Å²) in [6.45, 7) is 0.994. The third-order valence-corrected chi connectivity index (χ3v) is 3.89. The normalized spacial score (nSPS) is 14.6. The summed E-state index contributed by atoms with van der Waals surface area (Å²) in [6.07, 6.45) is 4.44. The van der Waals surface area contributed by atoms with Crippen LogP contribution in [-0.2, 0) is 0 Å². The lowest BCUT2D eigenvalue weighted by atomic mass is 10.1. The van der Waals surface area contributed by atoms with E-state index in [0.717, 1.165) is 23.4 Å². The Morgan fingerprint density at radius 2 is 2.21 bits per heavy atom. The van der Waals surface area contributed by atoms with Gasteiger partial charge in [0.25, 0.3) is 0 Å². The van der Waals surface area contributed by atoms with Crippen molar-refractivity contribution in [1.82, 2.24) is 4.98 Å². The summed E-state index contributed by atoms with van der Waals surface area (Å²) in [4.78, 5) is 7.03. The largest absolute Gasteiger partial charge is 0.497 e. The second-order valence-corrected chi connectivity index (χ2v) is 5.63. The van der Waals surface area contributed by atoms with E-state index in [2.05, 4.69) is 44.0 Å². The van der Waals surface area contributed by atoms with Crippen molar-refractivity contribution >= 4 is 32.5 Å². The molecule has 4 heteroatoms. The molecule has 1 aliphatic rings. The molecule has 0 amide bonds. The zero-order chi connectivity index (χ0) is 13.2. The fraction of sp³-hybridized carbons (Fsp3) is 0.400. The zero-order valence-electron chi connectivity index (χ0n) is 11.0. The Labute approximate surface area is 121 Å². The number of anilines is 1. The molecule has 0 atom stereocenters. The number of hydrogen-bond acceptors (Lipinski definition) is 3. The Kier molecular flexibility index (Phi) is 3.60. The van der Waals surface area contributed by atoms with Crippen molar-refractivity contribution in [3.8, 4) is 5.75 Å². The lowest BCUT2D eigenvalue weighted by Crippen LogP contribution is -2.28. The first-order valence-electron chi connectivity index (χ1n) is 6.59. The Morgan fingerprint density at radius 3 is 2.89 bits per heavy atom. The van der Waals surface area contributed by atoms with Crippen molar-refractivity contribution in [2.45, 2.75) is 18.9 Å². The van der Waals surface area contributed by atoms with Crippen LogP contribution in [0.25, 0.3) is 10.8 Å². The summed E-state index contributed by atoms with van der Waals surface area (Å²) >= 11 is 3.54. The molecule has 19 heavy (non-hydrogen) atoms. The van der Waals surface area contributed by atoms with Crippen LogP contribution in [0.2, 0.25) is 0 Å². The Hall–Kier alpha value is -1.29. The number of aromatic nitrogens is 1. The van der Waals surface area contributed by atoms with Crippen LogP contribution in [0.1, 0.15) is 12.8 Å². The quantitative estimate of drug-likeness (QED) is 0.787. The van der Waals surface area contributed by atoms with Gasteiger partial charge in [-0.25, -0.2) is 4.98 Å². The van der Waals surface area contributed by atoms with Crippen LogP contribution in [0.5, 0.6) is 5.75 Å². The van der Waals surface area contributed by atoms with Crippen LogP contribution < -0.4 is 9.64 Å². The molecular formula is C15H17BrN2O. The number of methoxy groups -OCH3 is 1. The molecule has 0 unspecified atom stereocenters. The first kappa shape index (κ1) is 12.7. The number of hydrogen-bond donors (Lipinski definition) is 0. The van der Waals surface area contributed by atoms with Crippen molar-refractivity contribution in [1.29, 1.82) is 0 Å². The van der Waals surface area contributed by atoms with Gasteiger partial charge in [-0.3, -0.25) is 0 Å². The summed E-state index contributed by atoms with van der Waals surface area (Å²) in [5.74, 6) is 1.97. The maximum absolute atomic E-state index is 5.34. The summed E-state index contributed by atoms with van der Waals surface area (Å²) in [7, 11) is 1.70. The van der Waals surface area contributed by atoms with Crippen molar-refractivity contribution < 1.29 is 4.74 Å². The van der Waals surface area contributed by atoms with E-state index in [9.17, 15) is 0 Å². The van der Waals surface area contributed by atoms with Crippen LogP contribution in [0.3, 0.4) is 0 Å². The van der Waals surface area contributed by atoms with Crippen molar-refractivity contribution in [3.63, 3.8) is 0 Å². The molecule has 1 heterocycles. The lowest BCUT2D eigenvalue weighted by Gasteiger charge is -2.24. The number of fused-ring (bicyclic) bond motifs is 1. The summed E-state index contributed by atoms with van der Waals surface area (Å²) in [6, 6.07) is 8.89. The molecule has 1 aromatic carbocycles. The van der Waals surface area contributed by atoms with Gasteiger partial charge in [-0.15, -0.1) is 0 Å². The molecule has 0 aliphatic heterocycles. The summed E-state index contributed by atoms with van der Waals surface area (Å²) in [5.41, 5.74) is 0. The van der Waals surface area contributed by atoms with Gasteiger partial charge < -0.3 is 9.64 Å². The van der Waals surface area contributed by atoms with Gasteiger partial charge in [0.05, 0.1) is 7.11 Å². The fourth-order valence-corrected chi connectivity index (χ4v) is 2.81. The molecule has 1 fully saturated rings. The highest BCUT2D eigenvalue weighted by Gasteiger charge is 2.30. The fourth-order valence-electron chi connectivity index (χ4n) is 2.43. The Morgan fingerprint density at radius 1 is 1.37 bits per heavy atom. The molecule has 100 valence electrons. The van der Waals surface area contributed by atoms with Crippen molar-refractivity contribution in [2.24, 2.45) is 0 Å². The highest BCUT2D eigenvalue weighted by molar-refractivity contribution is 9.09. The van der Waals surface area contributed by atoms with Gasteiger partial charge in [-0.2, -0.15) is 0 Å². The van der Waals surface area contributed by atoms with E-state index >= 15 is 0 Å². The zero-order valence-corrected chi connectivity index (χ0v) is 12.6. The van der Waals surface area contributed by atoms with Crippen LogP contribution in [0.4, 0.5) is 5.82 Å². The highest BCUT2D eigenvalue weighted by atomic mass is 79.9. The Bertz CT molecular complexity index is 583. The SMILES string of the molecule is COc1ccc2ccnc(N(CCBr)C3CC3)c2c1. The minimum absolute atomic E-state index is 0.654. The molecule has 0 N–H and O–H groups in total. The molecule has 1 aromatic heterocycles. The second-order valence-electron chi connectivity index (χ2n) is 4.84. The maximum Gasteiger partial charge on any atom is 0.136 e. The van der Waals surface area contributed by atoms with Gasteiger partial charge in [-0.1, -0.05) is 22.0 Å². The lowest BCUT2D eigenvalue weighted by molar-refractivity contribution is 0.415. The molecule has 1 saturated carbocycles. The third-order valence-electron chi connectivity index (χ3n) is 3.54. The van der Waals surface area contributed by atoms with E-state index in [1.807, 2.05) is 12.3 Å². The van der Waals surface area contributed by atoms with Gasteiger partial charge in [-0.05, 0) is 36.4 Å². The van der Waals surface area contributed by atoms with E-state index in [0.29, 0.717) is 6.04 Å². The number of alkyl halides is 1.